The van der Waals surface area contributed by atoms with E-state index in [4.69, 9.17) is 4.74 Å². The van der Waals surface area contributed by atoms with Gasteiger partial charge in [0.2, 0.25) is 0 Å². The summed E-state index contributed by atoms with van der Waals surface area (Å²) in [6.07, 6.45) is 0.266. The van der Waals surface area contributed by atoms with E-state index in [1.54, 1.807) is 37.3 Å². The van der Waals surface area contributed by atoms with Crippen LogP contribution in [-0.4, -0.2) is 26.8 Å². The minimum atomic E-state index is -3.85. The van der Waals surface area contributed by atoms with E-state index in [1.165, 1.54) is 34.7 Å². The molecular weight excluding hydrogens is 434 g/mol. The summed E-state index contributed by atoms with van der Waals surface area (Å²) >= 11 is 1.31. The number of esters is 1. The third-order valence-electron chi connectivity index (χ3n) is 4.98. The van der Waals surface area contributed by atoms with Gasteiger partial charge in [-0.1, -0.05) is 30.3 Å². The minimum Gasteiger partial charge on any atom is -0.462 e. The largest absolute Gasteiger partial charge is 0.462 e. The fraction of sp³-hybridized carbons (Fsp3) is 0.217. The van der Waals surface area contributed by atoms with E-state index in [-0.39, 0.29) is 30.3 Å². The number of nitrogens with zero attached hydrogens (tertiary/aromatic N) is 1. The molecule has 0 fully saturated rings. The van der Waals surface area contributed by atoms with Gasteiger partial charge in [-0.25, -0.2) is 13.2 Å². The van der Waals surface area contributed by atoms with Gasteiger partial charge in [0, 0.05) is 16.9 Å². The van der Waals surface area contributed by atoms with Crippen molar-refractivity contribution >= 4 is 38.8 Å². The lowest BCUT2D eigenvalue weighted by molar-refractivity contribution is -0.116. The Balaban J connectivity index is 1.74. The molecule has 31 heavy (non-hydrogen) atoms. The van der Waals surface area contributed by atoms with Crippen molar-refractivity contribution in [3.05, 3.63) is 70.6 Å². The molecule has 0 N–H and O–H groups in total. The van der Waals surface area contributed by atoms with E-state index in [0.717, 1.165) is 21.6 Å². The van der Waals surface area contributed by atoms with Crippen LogP contribution in [0.4, 0.5) is 5.69 Å². The van der Waals surface area contributed by atoms with Crippen molar-refractivity contribution in [1.29, 1.82) is 0 Å². The number of ketones is 1. The van der Waals surface area contributed by atoms with Crippen LogP contribution in [0.5, 0.6) is 0 Å². The van der Waals surface area contributed by atoms with E-state index in [0.29, 0.717) is 10.6 Å². The van der Waals surface area contributed by atoms with Gasteiger partial charge in [-0.15, -0.1) is 11.3 Å². The molecule has 3 aromatic rings. The van der Waals surface area contributed by atoms with Crippen LogP contribution < -0.4 is 4.31 Å². The molecule has 2 aromatic carbocycles. The Labute approximate surface area is 185 Å². The number of Topliss-reactive ketones (excluding diaryl/α,β-unsaturated/α-hetero) is 1. The van der Waals surface area contributed by atoms with Crippen molar-refractivity contribution in [3.8, 4) is 10.4 Å². The number of hydrogen-bond acceptors (Lipinski definition) is 6. The highest BCUT2D eigenvalue weighted by atomic mass is 32.2. The first-order valence-electron chi connectivity index (χ1n) is 9.81. The maximum absolute atomic E-state index is 13.5. The van der Waals surface area contributed by atoms with Gasteiger partial charge in [-0.05, 0) is 49.2 Å². The van der Waals surface area contributed by atoms with Crippen molar-refractivity contribution in [2.24, 2.45) is 0 Å². The molecular formula is C23H21NO5S2. The van der Waals surface area contributed by atoms with Crippen LogP contribution in [0.1, 0.15) is 34.6 Å². The second-order valence-corrected chi connectivity index (χ2v) is 10.2. The zero-order chi connectivity index (χ0) is 22.2. The standard InChI is InChI=1S/C23H21NO5S2/c1-3-29-23(26)21-13-17-14-24(20-7-5-4-6-19(20)22(17)30-21)31(27,28)18-10-8-16(9-11-18)12-15(2)25/h4-11,13H,3,12,14H2,1-2H3. The number of sulfonamides is 1. The van der Waals surface area contributed by atoms with Crippen LogP contribution in [0.15, 0.2) is 59.5 Å². The van der Waals surface area contributed by atoms with Crippen LogP contribution in [0.25, 0.3) is 10.4 Å². The first-order valence-corrected chi connectivity index (χ1v) is 12.1. The monoisotopic (exact) mass is 455 g/mol. The summed E-state index contributed by atoms with van der Waals surface area (Å²) in [7, 11) is -3.85. The lowest BCUT2D eigenvalue weighted by Gasteiger charge is -2.30. The van der Waals surface area contributed by atoms with Crippen molar-refractivity contribution in [2.75, 3.05) is 10.9 Å². The first kappa shape index (κ1) is 21.3. The molecule has 160 valence electrons. The number of rotatable bonds is 6. The van der Waals surface area contributed by atoms with E-state index >= 15 is 0 Å². The SMILES string of the molecule is CCOC(=O)c1cc2c(s1)-c1ccccc1N(S(=O)(=O)c1ccc(CC(C)=O)cc1)C2. The first-order chi connectivity index (χ1) is 14.8. The highest BCUT2D eigenvalue weighted by Gasteiger charge is 2.33. The zero-order valence-corrected chi connectivity index (χ0v) is 18.8. The Kier molecular flexibility index (Phi) is 5.68. The zero-order valence-electron chi connectivity index (χ0n) is 17.1. The van der Waals surface area contributed by atoms with E-state index in [1.807, 2.05) is 12.1 Å². The predicted molar refractivity (Wildman–Crippen MR) is 120 cm³/mol. The molecule has 0 unspecified atom stereocenters. The maximum Gasteiger partial charge on any atom is 0.348 e. The Morgan fingerprint density at radius 1 is 1.10 bits per heavy atom. The van der Waals surface area contributed by atoms with Gasteiger partial charge in [0.05, 0.1) is 23.7 Å². The quantitative estimate of drug-likeness (QED) is 0.514. The molecule has 1 aliphatic rings. The summed E-state index contributed by atoms with van der Waals surface area (Å²) in [6, 6.07) is 15.4. The molecule has 1 aromatic heterocycles. The van der Waals surface area contributed by atoms with Crippen molar-refractivity contribution in [2.45, 2.75) is 31.7 Å². The Morgan fingerprint density at radius 2 is 1.81 bits per heavy atom. The van der Waals surface area contributed by atoms with Crippen LogP contribution in [0.3, 0.4) is 0 Å². The third-order valence-corrected chi connectivity index (χ3v) is 7.95. The van der Waals surface area contributed by atoms with Crippen molar-refractivity contribution < 1.29 is 22.7 Å². The van der Waals surface area contributed by atoms with Gasteiger partial charge in [0.15, 0.2) is 0 Å². The average Bonchev–Trinajstić information content (AvgIpc) is 3.18. The average molecular weight is 456 g/mol. The minimum absolute atomic E-state index is 0.0166. The van der Waals surface area contributed by atoms with Crippen LogP contribution >= 0.6 is 11.3 Å². The molecule has 0 atom stereocenters. The number of carbonyl (C=O) groups is 2. The Morgan fingerprint density at radius 3 is 2.48 bits per heavy atom. The summed E-state index contributed by atoms with van der Waals surface area (Å²) in [5.41, 5.74) is 2.87. The van der Waals surface area contributed by atoms with E-state index < -0.39 is 16.0 Å². The molecule has 2 heterocycles. The second kappa shape index (κ2) is 8.28. The van der Waals surface area contributed by atoms with Crippen LogP contribution in [0, 0.1) is 0 Å². The van der Waals surface area contributed by atoms with Gasteiger partial charge < -0.3 is 4.74 Å². The highest BCUT2D eigenvalue weighted by molar-refractivity contribution is 7.92. The second-order valence-electron chi connectivity index (χ2n) is 7.24. The van der Waals surface area contributed by atoms with Crippen molar-refractivity contribution in [1.82, 2.24) is 0 Å². The highest BCUT2D eigenvalue weighted by Crippen LogP contribution is 2.45. The Bertz CT molecular complexity index is 1260. The van der Waals surface area contributed by atoms with Gasteiger partial charge >= 0.3 is 5.97 Å². The normalized spacial score (nSPS) is 12.8. The molecule has 0 aliphatic carbocycles. The fourth-order valence-electron chi connectivity index (χ4n) is 3.61. The predicted octanol–water partition coefficient (Wildman–Crippen LogP) is 4.43. The number of fused-ring (bicyclic) bond motifs is 3. The van der Waals surface area contributed by atoms with Crippen LogP contribution in [-0.2, 0) is 32.5 Å². The summed E-state index contributed by atoms with van der Waals surface area (Å²) in [5, 5.41) is 0. The molecule has 0 amide bonds. The summed E-state index contributed by atoms with van der Waals surface area (Å²) < 4.78 is 33.5. The Hall–Kier alpha value is -2.97. The van der Waals surface area contributed by atoms with Crippen LogP contribution in [0.2, 0.25) is 0 Å². The molecule has 6 nitrogen and oxygen atoms in total. The third kappa shape index (κ3) is 4.00. The van der Waals surface area contributed by atoms with E-state index in [2.05, 4.69) is 0 Å². The molecule has 0 radical (unpaired) electrons. The van der Waals surface area contributed by atoms with E-state index in [9.17, 15) is 18.0 Å². The topological polar surface area (TPSA) is 80.8 Å². The molecule has 0 saturated carbocycles. The number of anilines is 1. The summed E-state index contributed by atoms with van der Waals surface area (Å²) in [6.45, 7) is 3.65. The van der Waals surface area contributed by atoms with Crippen molar-refractivity contribution in [3.63, 3.8) is 0 Å². The fourth-order valence-corrected chi connectivity index (χ4v) is 6.17. The van der Waals surface area contributed by atoms with Gasteiger partial charge in [0.1, 0.15) is 10.7 Å². The number of hydrogen-bond donors (Lipinski definition) is 0. The summed E-state index contributed by atoms with van der Waals surface area (Å²) in [5.74, 6) is -0.391. The van der Waals surface area contributed by atoms with Gasteiger partial charge in [-0.3, -0.25) is 9.10 Å². The maximum atomic E-state index is 13.5. The summed E-state index contributed by atoms with van der Waals surface area (Å²) in [4.78, 5) is 25.0. The smallest absolute Gasteiger partial charge is 0.348 e. The lowest BCUT2D eigenvalue weighted by Crippen LogP contribution is -2.32. The molecule has 4 rings (SSSR count). The molecule has 0 saturated heterocycles. The molecule has 8 heteroatoms. The molecule has 0 spiro atoms. The number of para-hydroxylation sites is 1. The molecule has 1 aliphatic heterocycles. The van der Waals surface area contributed by atoms with Gasteiger partial charge in [0.25, 0.3) is 10.0 Å². The number of carbonyl (C=O) groups excluding carboxylic acids is 2. The number of benzene rings is 2. The number of ether oxygens (including phenoxy) is 1. The van der Waals surface area contributed by atoms with Gasteiger partial charge in [-0.2, -0.15) is 0 Å². The number of thiophene rings is 1. The molecule has 0 bridgehead atoms. The lowest BCUT2D eigenvalue weighted by atomic mass is 10.0.